The van der Waals surface area contributed by atoms with Crippen LogP contribution in [0.2, 0.25) is 0 Å². The van der Waals surface area contributed by atoms with Gasteiger partial charge < -0.3 is 15.2 Å². The zero-order valence-electron chi connectivity index (χ0n) is 9.62. The lowest BCUT2D eigenvalue weighted by atomic mass is 10.1. The van der Waals surface area contributed by atoms with Gasteiger partial charge in [-0.3, -0.25) is 0 Å². The lowest BCUT2D eigenvalue weighted by Crippen LogP contribution is -2.14. The minimum absolute atomic E-state index is 0.191. The van der Waals surface area contributed by atoms with Gasteiger partial charge in [-0.25, -0.2) is 4.79 Å². The molecule has 2 N–H and O–H groups in total. The van der Waals surface area contributed by atoms with Gasteiger partial charge in [-0.1, -0.05) is 6.92 Å². The molecule has 4 nitrogen and oxygen atoms in total. The fourth-order valence-electron chi connectivity index (χ4n) is 1.37. The number of phenolic OH excluding ortho intramolecular Hbond substituents is 1. The van der Waals surface area contributed by atoms with Gasteiger partial charge in [0, 0.05) is 12.1 Å². The van der Waals surface area contributed by atoms with E-state index >= 15 is 0 Å². The van der Waals surface area contributed by atoms with Gasteiger partial charge in [-0.15, -0.1) is 0 Å². The molecule has 0 bridgehead atoms. The van der Waals surface area contributed by atoms with Crippen LogP contribution in [0.15, 0.2) is 18.2 Å². The van der Waals surface area contributed by atoms with Crippen molar-refractivity contribution in [2.75, 3.05) is 13.7 Å². The minimum atomic E-state index is -0.392. The summed E-state index contributed by atoms with van der Waals surface area (Å²) in [6.45, 7) is 3.49. The monoisotopic (exact) mass is 223 g/mol. The molecule has 0 atom stereocenters. The van der Waals surface area contributed by atoms with E-state index in [1.807, 2.05) is 0 Å². The number of aromatic hydroxyl groups is 1. The Hall–Kier alpha value is -1.55. The van der Waals surface area contributed by atoms with Crippen LogP contribution in [0.5, 0.6) is 5.75 Å². The Morgan fingerprint density at radius 2 is 2.25 bits per heavy atom. The summed E-state index contributed by atoms with van der Waals surface area (Å²) in [5.74, 6) is -0.201. The van der Waals surface area contributed by atoms with Gasteiger partial charge in [0.15, 0.2) is 0 Å². The lowest BCUT2D eigenvalue weighted by molar-refractivity contribution is 0.0600. The van der Waals surface area contributed by atoms with Crippen molar-refractivity contribution < 1.29 is 14.6 Å². The minimum Gasteiger partial charge on any atom is -0.508 e. The number of carbonyl (C=O) groups excluding carboxylic acids is 1. The Morgan fingerprint density at radius 3 is 2.88 bits per heavy atom. The summed E-state index contributed by atoms with van der Waals surface area (Å²) >= 11 is 0. The Labute approximate surface area is 95.2 Å². The largest absolute Gasteiger partial charge is 0.508 e. The summed E-state index contributed by atoms with van der Waals surface area (Å²) in [5.41, 5.74) is 1.16. The van der Waals surface area contributed by atoms with Crippen molar-refractivity contribution in [1.82, 2.24) is 5.32 Å². The van der Waals surface area contributed by atoms with E-state index in [-0.39, 0.29) is 5.75 Å². The van der Waals surface area contributed by atoms with Gasteiger partial charge >= 0.3 is 5.97 Å². The molecule has 0 aliphatic rings. The second kappa shape index (κ2) is 6.12. The molecular weight excluding hydrogens is 206 g/mol. The van der Waals surface area contributed by atoms with E-state index in [9.17, 15) is 9.90 Å². The van der Waals surface area contributed by atoms with Crippen molar-refractivity contribution in [3.8, 4) is 5.75 Å². The zero-order chi connectivity index (χ0) is 12.0. The van der Waals surface area contributed by atoms with E-state index < -0.39 is 5.97 Å². The quantitative estimate of drug-likeness (QED) is 0.589. The van der Waals surface area contributed by atoms with Crippen LogP contribution in [0, 0.1) is 0 Å². The number of nitrogens with one attached hydrogen (secondary N) is 1. The van der Waals surface area contributed by atoms with E-state index in [0.717, 1.165) is 13.0 Å². The van der Waals surface area contributed by atoms with E-state index in [1.54, 1.807) is 12.1 Å². The number of hydrogen-bond acceptors (Lipinski definition) is 4. The van der Waals surface area contributed by atoms with Crippen LogP contribution in [-0.4, -0.2) is 24.7 Å². The maximum absolute atomic E-state index is 11.3. The first kappa shape index (κ1) is 12.5. The maximum Gasteiger partial charge on any atom is 0.337 e. The molecule has 4 heteroatoms. The molecule has 0 aliphatic carbocycles. The maximum atomic E-state index is 11.3. The number of esters is 1. The molecule has 1 rings (SSSR count). The topological polar surface area (TPSA) is 58.6 Å². The predicted octanol–water partition coefficient (Wildman–Crippen LogP) is 1.68. The van der Waals surface area contributed by atoms with Crippen LogP contribution in [0.4, 0.5) is 0 Å². The van der Waals surface area contributed by atoms with Crippen LogP contribution in [0.1, 0.15) is 29.3 Å². The molecule has 0 radical (unpaired) electrons. The Balaban J connectivity index is 2.78. The Morgan fingerprint density at radius 1 is 1.50 bits per heavy atom. The molecular formula is C12H17NO3. The molecule has 0 unspecified atom stereocenters. The highest BCUT2D eigenvalue weighted by atomic mass is 16.5. The molecule has 88 valence electrons. The van der Waals surface area contributed by atoms with Gasteiger partial charge in [0.1, 0.15) is 5.75 Å². The van der Waals surface area contributed by atoms with Crippen LogP contribution in [0.25, 0.3) is 0 Å². The molecule has 0 aliphatic heterocycles. The SMILES string of the molecule is CCCNCc1cc(C(=O)OC)ccc1O. The van der Waals surface area contributed by atoms with Crippen molar-refractivity contribution in [3.05, 3.63) is 29.3 Å². The van der Waals surface area contributed by atoms with Crippen LogP contribution in [-0.2, 0) is 11.3 Å². The first-order valence-corrected chi connectivity index (χ1v) is 5.30. The third-order valence-corrected chi connectivity index (χ3v) is 2.24. The molecule has 0 spiro atoms. The normalized spacial score (nSPS) is 10.1. The molecule has 0 saturated carbocycles. The summed E-state index contributed by atoms with van der Waals surface area (Å²) < 4.78 is 4.62. The first-order valence-electron chi connectivity index (χ1n) is 5.30. The van der Waals surface area contributed by atoms with Crippen LogP contribution >= 0.6 is 0 Å². The third kappa shape index (κ3) is 3.24. The third-order valence-electron chi connectivity index (χ3n) is 2.24. The second-order valence-electron chi connectivity index (χ2n) is 3.51. The fraction of sp³-hybridized carbons (Fsp3) is 0.417. The van der Waals surface area contributed by atoms with Crippen molar-refractivity contribution in [2.24, 2.45) is 0 Å². The average molecular weight is 223 g/mol. The highest BCUT2D eigenvalue weighted by Gasteiger charge is 2.08. The molecule has 0 aromatic heterocycles. The van der Waals surface area contributed by atoms with Gasteiger partial charge in [0.25, 0.3) is 0 Å². The highest BCUT2D eigenvalue weighted by Crippen LogP contribution is 2.18. The van der Waals surface area contributed by atoms with Crippen LogP contribution in [0.3, 0.4) is 0 Å². The van der Waals surface area contributed by atoms with Crippen molar-refractivity contribution >= 4 is 5.97 Å². The van der Waals surface area contributed by atoms with Gasteiger partial charge in [-0.05, 0) is 31.2 Å². The van der Waals surface area contributed by atoms with E-state index in [2.05, 4.69) is 17.0 Å². The molecule has 1 aromatic rings. The molecule has 0 amide bonds. The number of methoxy groups -OCH3 is 1. The number of hydrogen-bond donors (Lipinski definition) is 2. The number of benzene rings is 1. The summed E-state index contributed by atoms with van der Waals surface area (Å²) in [7, 11) is 1.34. The standard InChI is InChI=1S/C12H17NO3/c1-3-6-13-8-10-7-9(12(15)16-2)4-5-11(10)14/h4-5,7,13-14H,3,6,8H2,1-2H3. The van der Waals surface area contributed by atoms with Crippen molar-refractivity contribution in [1.29, 1.82) is 0 Å². The molecule has 0 saturated heterocycles. The van der Waals surface area contributed by atoms with E-state index in [0.29, 0.717) is 17.7 Å². The summed E-state index contributed by atoms with van der Waals surface area (Å²) in [5, 5.41) is 12.8. The van der Waals surface area contributed by atoms with E-state index in [1.165, 1.54) is 13.2 Å². The lowest BCUT2D eigenvalue weighted by Gasteiger charge is -2.07. The number of rotatable bonds is 5. The fourth-order valence-corrected chi connectivity index (χ4v) is 1.37. The van der Waals surface area contributed by atoms with Crippen molar-refractivity contribution in [2.45, 2.75) is 19.9 Å². The van der Waals surface area contributed by atoms with Crippen LogP contribution < -0.4 is 5.32 Å². The second-order valence-corrected chi connectivity index (χ2v) is 3.51. The summed E-state index contributed by atoms with van der Waals surface area (Å²) in [6.07, 6.45) is 1.03. The Bertz CT molecular complexity index is 363. The molecule has 16 heavy (non-hydrogen) atoms. The molecule has 0 heterocycles. The molecule has 0 fully saturated rings. The predicted molar refractivity (Wildman–Crippen MR) is 61.4 cm³/mol. The zero-order valence-corrected chi connectivity index (χ0v) is 9.62. The van der Waals surface area contributed by atoms with Crippen molar-refractivity contribution in [3.63, 3.8) is 0 Å². The summed E-state index contributed by atoms with van der Waals surface area (Å²) in [6, 6.07) is 4.70. The van der Waals surface area contributed by atoms with E-state index in [4.69, 9.17) is 0 Å². The number of carbonyl (C=O) groups is 1. The number of ether oxygens (including phenoxy) is 1. The molecule has 1 aromatic carbocycles. The van der Waals surface area contributed by atoms with Gasteiger partial charge in [0.05, 0.1) is 12.7 Å². The summed E-state index contributed by atoms with van der Waals surface area (Å²) in [4.78, 5) is 11.3. The Kier molecular flexibility index (Phi) is 4.79. The van der Waals surface area contributed by atoms with Gasteiger partial charge in [0.2, 0.25) is 0 Å². The number of phenols is 1. The highest BCUT2D eigenvalue weighted by molar-refractivity contribution is 5.89. The average Bonchev–Trinajstić information content (AvgIpc) is 2.31. The van der Waals surface area contributed by atoms with Gasteiger partial charge in [-0.2, -0.15) is 0 Å². The first-order chi connectivity index (χ1) is 7.69. The smallest absolute Gasteiger partial charge is 0.337 e.